The minimum absolute atomic E-state index is 0.0668. The van der Waals surface area contributed by atoms with Gasteiger partial charge in [0.25, 0.3) is 0 Å². The van der Waals surface area contributed by atoms with Crippen LogP contribution in [0.4, 0.5) is 13.2 Å². The average Bonchev–Trinajstić information content (AvgIpc) is 2.19. The third-order valence-corrected chi connectivity index (χ3v) is 2.60. The first-order chi connectivity index (χ1) is 7.78. The van der Waals surface area contributed by atoms with Crippen LogP contribution in [0.15, 0.2) is 24.3 Å². The molecule has 0 radical (unpaired) electrons. The van der Waals surface area contributed by atoms with Gasteiger partial charge in [0.1, 0.15) is 0 Å². The van der Waals surface area contributed by atoms with E-state index in [2.05, 4.69) is 4.18 Å². The summed E-state index contributed by atoms with van der Waals surface area (Å²) in [6, 6.07) is 5.21. The zero-order valence-electron chi connectivity index (χ0n) is 8.69. The van der Waals surface area contributed by atoms with Gasteiger partial charge in [-0.3, -0.25) is 0 Å². The fourth-order valence-electron chi connectivity index (χ4n) is 0.959. The van der Waals surface area contributed by atoms with Gasteiger partial charge in [0.15, 0.2) is 11.5 Å². The molecule has 17 heavy (non-hydrogen) atoms. The van der Waals surface area contributed by atoms with Gasteiger partial charge in [-0.15, -0.1) is 0 Å². The Balaban J connectivity index is 3.04. The lowest BCUT2D eigenvalue weighted by Crippen LogP contribution is -2.28. The Morgan fingerprint density at radius 3 is 2.18 bits per heavy atom. The molecule has 0 saturated heterocycles. The van der Waals surface area contributed by atoms with E-state index < -0.39 is 21.4 Å². The Hall–Kier alpha value is -1.44. The summed E-state index contributed by atoms with van der Waals surface area (Å²) in [6.45, 7) is 1.78. The van der Waals surface area contributed by atoms with Crippen LogP contribution >= 0.6 is 0 Å². The van der Waals surface area contributed by atoms with E-state index in [4.69, 9.17) is 4.74 Å². The maximum absolute atomic E-state index is 12.1. The second-order valence-corrected chi connectivity index (χ2v) is 4.40. The van der Waals surface area contributed by atoms with Crippen LogP contribution < -0.4 is 8.92 Å². The first-order valence-electron chi connectivity index (χ1n) is 4.50. The lowest BCUT2D eigenvalue weighted by Gasteiger charge is -2.12. The number of halogens is 3. The number of rotatable bonds is 4. The molecule has 0 aromatic heterocycles. The molecular weight excluding hydrogens is 261 g/mol. The van der Waals surface area contributed by atoms with Crippen LogP contribution in [0.3, 0.4) is 0 Å². The van der Waals surface area contributed by atoms with E-state index in [9.17, 15) is 21.6 Å². The van der Waals surface area contributed by atoms with Gasteiger partial charge in [-0.25, -0.2) is 0 Å². The highest BCUT2D eigenvalue weighted by molar-refractivity contribution is 7.88. The second-order valence-electron chi connectivity index (χ2n) is 2.86. The van der Waals surface area contributed by atoms with Crippen LogP contribution in [0.1, 0.15) is 6.92 Å². The molecule has 1 aromatic rings. The topological polar surface area (TPSA) is 52.6 Å². The van der Waals surface area contributed by atoms with E-state index in [1.165, 1.54) is 18.2 Å². The van der Waals surface area contributed by atoms with Gasteiger partial charge in [0, 0.05) is 0 Å². The monoisotopic (exact) mass is 270 g/mol. The first kappa shape index (κ1) is 13.6. The van der Waals surface area contributed by atoms with Crippen molar-refractivity contribution in [2.24, 2.45) is 0 Å². The van der Waals surface area contributed by atoms with E-state index in [0.29, 0.717) is 0 Å². The molecule has 1 rings (SSSR count). The van der Waals surface area contributed by atoms with Crippen molar-refractivity contribution in [1.29, 1.82) is 0 Å². The van der Waals surface area contributed by atoms with Crippen molar-refractivity contribution in [2.75, 3.05) is 6.61 Å². The molecule has 0 atom stereocenters. The molecule has 4 nitrogen and oxygen atoms in total. The highest BCUT2D eigenvalue weighted by Gasteiger charge is 2.48. The predicted molar refractivity (Wildman–Crippen MR) is 53.2 cm³/mol. The molecule has 8 heteroatoms. The van der Waals surface area contributed by atoms with E-state index in [0.717, 1.165) is 6.07 Å². The molecule has 0 amide bonds. The van der Waals surface area contributed by atoms with Crippen molar-refractivity contribution >= 4 is 10.1 Å². The highest BCUT2D eigenvalue weighted by Crippen LogP contribution is 2.32. The van der Waals surface area contributed by atoms with Crippen molar-refractivity contribution in [3.05, 3.63) is 24.3 Å². The minimum Gasteiger partial charge on any atom is -0.490 e. The van der Waals surface area contributed by atoms with E-state index in [-0.39, 0.29) is 12.4 Å². The number of hydrogen-bond donors (Lipinski definition) is 0. The predicted octanol–water partition coefficient (Wildman–Crippen LogP) is 2.31. The van der Waals surface area contributed by atoms with Crippen LogP contribution in [-0.4, -0.2) is 20.5 Å². The van der Waals surface area contributed by atoms with Gasteiger partial charge in [0.2, 0.25) is 0 Å². The van der Waals surface area contributed by atoms with Crippen molar-refractivity contribution < 1.29 is 30.5 Å². The van der Waals surface area contributed by atoms with Crippen LogP contribution in [-0.2, 0) is 10.1 Å². The van der Waals surface area contributed by atoms with Crippen molar-refractivity contribution in [3.63, 3.8) is 0 Å². The van der Waals surface area contributed by atoms with Gasteiger partial charge in [-0.1, -0.05) is 12.1 Å². The molecule has 0 saturated carbocycles. The van der Waals surface area contributed by atoms with Crippen LogP contribution in [0, 0.1) is 0 Å². The van der Waals surface area contributed by atoms with Gasteiger partial charge >= 0.3 is 15.6 Å². The number of alkyl halides is 3. The largest absolute Gasteiger partial charge is 0.534 e. The maximum atomic E-state index is 12.1. The summed E-state index contributed by atoms with van der Waals surface area (Å²) in [6.07, 6.45) is 0. The summed E-state index contributed by atoms with van der Waals surface area (Å²) in [4.78, 5) is 0. The normalized spacial score (nSPS) is 12.2. The van der Waals surface area contributed by atoms with Gasteiger partial charge < -0.3 is 8.92 Å². The molecule has 0 aliphatic carbocycles. The Morgan fingerprint density at radius 1 is 1.18 bits per heavy atom. The number of para-hydroxylation sites is 2. The smallest absolute Gasteiger partial charge is 0.490 e. The fourth-order valence-corrected chi connectivity index (χ4v) is 1.43. The summed E-state index contributed by atoms with van der Waals surface area (Å²) < 4.78 is 66.7. The molecule has 0 bridgehead atoms. The molecule has 0 aliphatic rings. The van der Waals surface area contributed by atoms with Gasteiger partial charge in [0.05, 0.1) is 6.61 Å². The molecule has 0 aliphatic heterocycles. The van der Waals surface area contributed by atoms with Crippen molar-refractivity contribution in [1.82, 2.24) is 0 Å². The quantitative estimate of drug-likeness (QED) is 0.622. The summed E-state index contributed by atoms with van der Waals surface area (Å²) in [5.74, 6) is -0.561. The fraction of sp³-hybridized carbons (Fsp3) is 0.333. The maximum Gasteiger partial charge on any atom is 0.534 e. The van der Waals surface area contributed by atoms with Crippen LogP contribution in [0.5, 0.6) is 11.5 Å². The van der Waals surface area contributed by atoms with Gasteiger partial charge in [-0.2, -0.15) is 21.6 Å². The number of benzene rings is 1. The zero-order valence-corrected chi connectivity index (χ0v) is 9.51. The van der Waals surface area contributed by atoms with E-state index in [1.807, 2.05) is 0 Å². The average molecular weight is 270 g/mol. The van der Waals surface area contributed by atoms with E-state index in [1.54, 1.807) is 6.92 Å². The Bertz CT molecular complexity index is 481. The van der Waals surface area contributed by atoms with Crippen molar-refractivity contribution in [3.8, 4) is 11.5 Å². The molecule has 0 spiro atoms. The van der Waals surface area contributed by atoms with Crippen molar-refractivity contribution in [2.45, 2.75) is 12.4 Å². The summed E-state index contributed by atoms with van der Waals surface area (Å²) in [5.41, 5.74) is -5.47. The third kappa shape index (κ3) is 3.26. The third-order valence-electron chi connectivity index (χ3n) is 1.63. The summed E-state index contributed by atoms with van der Waals surface area (Å²) in [7, 11) is -5.67. The molecule has 1 aromatic carbocycles. The van der Waals surface area contributed by atoms with Crippen LogP contribution in [0.25, 0.3) is 0 Å². The Morgan fingerprint density at radius 2 is 1.71 bits per heavy atom. The van der Waals surface area contributed by atoms with Crippen LogP contribution in [0.2, 0.25) is 0 Å². The molecular formula is C9H9F3O4S. The molecule has 0 N–H and O–H groups in total. The number of hydrogen-bond acceptors (Lipinski definition) is 4. The lowest BCUT2D eigenvalue weighted by atomic mass is 10.3. The molecule has 0 unspecified atom stereocenters. The summed E-state index contributed by atoms with van der Waals surface area (Å²) in [5, 5.41) is 0. The van der Waals surface area contributed by atoms with Gasteiger partial charge in [-0.05, 0) is 19.1 Å². The zero-order chi connectivity index (χ0) is 13.1. The Kier molecular flexibility index (Phi) is 3.87. The SMILES string of the molecule is CCOc1ccccc1OS(=O)(=O)C(F)(F)F. The lowest BCUT2D eigenvalue weighted by molar-refractivity contribution is -0.0500. The Labute approximate surface area is 96.1 Å². The molecule has 96 valence electrons. The number of ether oxygens (including phenoxy) is 1. The molecule has 0 heterocycles. The molecule has 0 fully saturated rings. The highest BCUT2D eigenvalue weighted by atomic mass is 32.2. The summed E-state index contributed by atoms with van der Waals surface area (Å²) >= 11 is 0. The minimum atomic E-state index is -5.67. The van der Waals surface area contributed by atoms with E-state index >= 15 is 0 Å². The first-order valence-corrected chi connectivity index (χ1v) is 5.91. The second kappa shape index (κ2) is 4.82. The standard InChI is InChI=1S/C9H9F3O4S/c1-2-15-7-5-3-4-6-8(7)16-17(13,14)9(10,11)12/h3-6H,2H2,1H3.